The van der Waals surface area contributed by atoms with Gasteiger partial charge >= 0.3 is 0 Å². The van der Waals surface area contributed by atoms with Crippen LogP contribution in [0.2, 0.25) is 0 Å². The third-order valence-corrected chi connectivity index (χ3v) is 3.60. The molecule has 0 bridgehead atoms. The summed E-state index contributed by atoms with van der Waals surface area (Å²) in [5.74, 6) is -0.0980. The number of aryl methyl sites for hydroxylation is 2. The van der Waals surface area contributed by atoms with Gasteiger partial charge in [0.15, 0.2) is 0 Å². The number of aromatic amines is 1. The average Bonchev–Trinajstić information content (AvgIpc) is 2.69. The van der Waals surface area contributed by atoms with Crippen LogP contribution < -0.4 is 5.32 Å². The first-order chi connectivity index (χ1) is 8.99. The van der Waals surface area contributed by atoms with Crippen molar-refractivity contribution >= 4 is 21.8 Å². The van der Waals surface area contributed by atoms with E-state index in [0.717, 1.165) is 21.4 Å². The lowest BCUT2D eigenvalue weighted by Crippen LogP contribution is -2.27. The summed E-state index contributed by atoms with van der Waals surface area (Å²) in [5, 5.41) is 9.84. The number of amides is 1. The molecule has 0 radical (unpaired) electrons. The molecule has 0 spiro atoms. The van der Waals surface area contributed by atoms with E-state index in [0.29, 0.717) is 5.56 Å². The number of carbonyl (C=O) groups excluding carboxylic acids is 1. The molecule has 1 aromatic carbocycles. The predicted molar refractivity (Wildman–Crippen MR) is 78.1 cm³/mol. The zero-order valence-electron chi connectivity index (χ0n) is 11.1. The molecule has 4 nitrogen and oxygen atoms in total. The van der Waals surface area contributed by atoms with E-state index in [-0.39, 0.29) is 11.9 Å². The highest BCUT2D eigenvalue weighted by molar-refractivity contribution is 9.10. The number of carbonyl (C=O) groups is 1. The molecule has 1 amide bonds. The Morgan fingerprint density at radius 1 is 1.32 bits per heavy atom. The standard InChI is InChI=1S/C14H16BrN3O/c1-8(11-4-6-12(15)7-5-11)16-14(19)13-9(2)17-18-10(13)3/h4-8H,1-3H3,(H,16,19)(H,17,18)/t8-/m1/s1. The van der Waals surface area contributed by atoms with Crippen LogP contribution in [0.25, 0.3) is 0 Å². The summed E-state index contributed by atoms with van der Waals surface area (Å²) in [6, 6.07) is 7.86. The SMILES string of the molecule is Cc1n[nH]c(C)c1C(=O)N[C@H](C)c1ccc(Br)cc1. The number of aromatic nitrogens is 2. The molecule has 1 aromatic heterocycles. The van der Waals surface area contributed by atoms with Gasteiger partial charge in [-0.2, -0.15) is 5.10 Å². The van der Waals surface area contributed by atoms with Crippen LogP contribution in [0.15, 0.2) is 28.7 Å². The predicted octanol–water partition coefficient (Wildman–Crippen LogP) is 3.28. The highest BCUT2D eigenvalue weighted by Crippen LogP contribution is 2.18. The minimum atomic E-state index is -0.0980. The van der Waals surface area contributed by atoms with Crippen molar-refractivity contribution in [2.45, 2.75) is 26.8 Å². The molecule has 19 heavy (non-hydrogen) atoms. The van der Waals surface area contributed by atoms with Crippen LogP contribution in [0.5, 0.6) is 0 Å². The Kier molecular flexibility index (Phi) is 4.04. The molecule has 2 N–H and O–H groups in total. The first-order valence-corrected chi connectivity index (χ1v) is 6.86. The monoisotopic (exact) mass is 321 g/mol. The van der Waals surface area contributed by atoms with Gasteiger partial charge in [-0.05, 0) is 38.5 Å². The van der Waals surface area contributed by atoms with E-state index in [1.807, 2.05) is 45.0 Å². The number of nitrogens with one attached hydrogen (secondary N) is 2. The number of nitrogens with zero attached hydrogens (tertiary/aromatic N) is 1. The van der Waals surface area contributed by atoms with E-state index >= 15 is 0 Å². The van der Waals surface area contributed by atoms with Crippen molar-refractivity contribution in [3.05, 3.63) is 51.3 Å². The van der Waals surface area contributed by atoms with Crippen molar-refractivity contribution in [3.8, 4) is 0 Å². The Balaban J connectivity index is 2.13. The number of halogens is 1. The van der Waals surface area contributed by atoms with Gasteiger partial charge in [-0.1, -0.05) is 28.1 Å². The number of hydrogen-bond acceptors (Lipinski definition) is 2. The quantitative estimate of drug-likeness (QED) is 0.911. The van der Waals surface area contributed by atoms with E-state index in [1.54, 1.807) is 0 Å². The van der Waals surface area contributed by atoms with Gasteiger partial charge in [-0.25, -0.2) is 0 Å². The summed E-state index contributed by atoms with van der Waals surface area (Å²) in [4.78, 5) is 12.2. The largest absolute Gasteiger partial charge is 0.345 e. The molecule has 0 saturated heterocycles. The summed E-state index contributed by atoms with van der Waals surface area (Å²) in [6.45, 7) is 5.63. The molecule has 100 valence electrons. The smallest absolute Gasteiger partial charge is 0.255 e. The van der Waals surface area contributed by atoms with Crippen molar-refractivity contribution in [3.63, 3.8) is 0 Å². The fourth-order valence-electron chi connectivity index (χ4n) is 1.99. The Bertz CT molecular complexity index is 570. The summed E-state index contributed by atoms with van der Waals surface area (Å²) in [5.41, 5.74) is 3.20. The lowest BCUT2D eigenvalue weighted by Gasteiger charge is -2.14. The van der Waals surface area contributed by atoms with E-state index in [1.165, 1.54) is 0 Å². The van der Waals surface area contributed by atoms with Crippen LogP contribution in [-0.4, -0.2) is 16.1 Å². The fourth-order valence-corrected chi connectivity index (χ4v) is 2.25. The maximum Gasteiger partial charge on any atom is 0.255 e. The maximum atomic E-state index is 12.2. The molecular formula is C14H16BrN3O. The van der Waals surface area contributed by atoms with Gasteiger partial charge in [0, 0.05) is 10.2 Å². The van der Waals surface area contributed by atoms with Crippen molar-refractivity contribution < 1.29 is 4.79 Å². The normalized spacial score (nSPS) is 12.2. The Hall–Kier alpha value is -1.62. The minimum absolute atomic E-state index is 0.0469. The van der Waals surface area contributed by atoms with E-state index in [9.17, 15) is 4.79 Å². The van der Waals surface area contributed by atoms with Crippen molar-refractivity contribution in [2.24, 2.45) is 0 Å². The molecule has 1 heterocycles. The lowest BCUT2D eigenvalue weighted by atomic mass is 10.1. The second-order valence-electron chi connectivity index (χ2n) is 4.56. The minimum Gasteiger partial charge on any atom is -0.345 e. The molecule has 2 rings (SSSR count). The molecule has 0 unspecified atom stereocenters. The van der Waals surface area contributed by atoms with Crippen LogP contribution in [0.4, 0.5) is 0 Å². The topological polar surface area (TPSA) is 57.8 Å². The van der Waals surface area contributed by atoms with Crippen molar-refractivity contribution in [1.29, 1.82) is 0 Å². The highest BCUT2D eigenvalue weighted by atomic mass is 79.9. The third-order valence-electron chi connectivity index (χ3n) is 3.07. The molecule has 0 fully saturated rings. The van der Waals surface area contributed by atoms with Gasteiger partial charge in [0.05, 0.1) is 17.3 Å². The average molecular weight is 322 g/mol. The lowest BCUT2D eigenvalue weighted by molar-refractivity contribution is 0.0938. The third kappa shape index (κ3) is 3.04. The van der Waals surface area contributed by atoms with Gasteiger partial charge in [-0.15, -0.1) is 0 Å². The molecule has 0 aliphatic carbocycles. The zero-order chi connectivity index (χ0) is 14.0. The maximum absolute atomic E-state index is 12.2. The molecule has 0 aliphatic rings. The van der Waals surface area contributed by atoms with Crippen LogP contribution in [-0.2, 0) is 0 Å². The molecule has 0 aliphatic heterocycles. The summed E-state index contributed by atoms with van der Waals surface area (Å²) in [6.07, 6.45) is 0. The molecule has 0 saturated carbocycles. The van der Waals surface area contributed by atoms with Crippen LogP contribution in [0.1, 0.15) is 40.3 Å². The second kappa shape index (κ2) is 5.57. The number of benzene rings is 1. The van der Waals surface area contributed by atoms with Crippen molar-refractivity contribution in [2.75, 3.05) is 0 Å². The van der Waals surface area contributed by atoms with Gasteiger partial charge in [0.2, 0.25) is 0 Å². The number of H-pyrrole nitrogens is 1. The fraction of sp³-hybridized carbons (Fsp3) is 0.286. The number of hydrogen-bond donors (Lipinski definition) is 2. The molecule has 1 atom stereocenters. The summed E-state index contributed by atoms with van der Waals surface area (Å²) >= 11 is 3.40. The summed E-state index contributed by atoms with van der Waals surface area (Å²) in [7, 11) is 0. The highest BCUT2D eigenvalue weighted by Gasteiger charge is 2.17. The van der Waals surface area contributed by atoms with Gasteiger partial charge < -0.3 is 5.32 Å². The van der Waals surface area contributed by atoms with Gasteiger partial charge in [0.25, 0.3) is 5.91 Å². The van der Waals surface area contributed by atoms with Gasteiger partial charge in [-0.3, -0.25) is 9.89 Å². The first kappa shape index (κ1) is 13.8. The first-order valence-electron chi connectivity index (χ1n) is 6.07. The molecule has 2 aromatic rings. The van der Waals surface area contributed by atoms with Crippen molar-refractivity contribution in [1.82, 2.24) is 15.5 Å². The Labute approximate surface area is 120 Å². The summed E-state index contributed by atoms with van der Waals surface area (Å²) < 4.78 is 1.02. The molecular weight excluding hydrogens is 306 g/mol. The van der Waals surface area contributed by atoms with E-state index in [4.69, 9.17) is 0 Å². The van der Waals surface area contributed by atoms with Crippen LogP contribution in [0.3, 0.4) is 0 Å². The van der Waals surface area contributed by atoms with Gasteiger partial charge in [0.1, 0.15) is 0 Å². The number of rotatable bonds is 3. The second-order valence-corrected chi connectivity index (χ2v) is 5.47. The molecule has 5 heteroatoms. The van der Waals surface area contributed by atoms with E-state index < -0.39 is 0 Å². The zero-order valence-corrected chi connectivity index (χ0v) is 12.7. The van der Waals surface area contributed by atoms with E-state index in [2.05, 4.69) is 31.4 Å². The van der Waals surface area contributed by atoms with Crippen LogP contribution >= 0.6 is 15.9 Å². The van der Waals surface area contributed by atoms with Crippen LogP contribution in [0, 0.1) is 13.8 Å². The Morgan fingerprint density at radius 2 is 1.95 bits per heavy atom. The Morgan fingerprint density at radius 3 is 2.47 bits per heavy atom.